The Morgan fingerprint density at radius 1 is 1.04 bits per heavy atom. The molecule has 0 atom stereocenters. The Labute approximate surface area is 147 Å². The van der Waals surface area contributed by atoms with Crippen LogP contribution in [-0.2, 0) is 4.74 Å². The van der Waals surface area contributed by atoms with E-state index in [0.717, 1.165) is 56.5 Å². The zero-order valence-electron chi connectivity index (χ0n) is 14.4. The van der Waals surface area contributed by atoms with Crippen molar-refractivity contribution in [1.29, 1.82) is 0 Å². The summed E-state index contributed by atoms with van der Waals surface area (Å²) in [4.78, 5) is 16.2. The highest BCUT2D eigenvalue weighted by atomic mass is 16.5. The van der Waals surface area contributed by atoms with Gasteiger partial charge in [0, 0.05) is 37.9 Å². The van der Waals surface area contributed by atoms with Gasteiger partial charge in [-0.2, -0.15) is 0 Å². The van der Waals surface area contributed by atoms with Crippen molar-refractivity contribution in [2.45, 2.75) is 18.9 Å². The number of hydrogen-bond acceptors (Lipinski definition) is 5. The maximum atomic E-state index is 11.2. The molecule has 2 saturated heterocycles. The molecule has 4 rings (SSSR count). The molecule has 5 nitrogen and oxygen atoms in total. The number of phenolic OH excluding ortho intramolecular Hbond substituents is 1. The maximum absolute atomic E-state index is 11.2. The van der Waals surface area contributed by atoms with E-state index in [1.165, 1.54) is 18.5 Å². The molecule has 132 valence electrons. The van der Waals surface area contributed by atoms with Gasteiger partial charge in [0.25, 0.3) is 0 Å². The summed E-state index contributed by atoms with van der Waals surface area (Å²) in [5.41, 5.74) is 1.56. The highest BCUT2D eigenvalue weighted by Gasteiger charge is 2.26. The number of carbonyl (C=O) groups is 1. The van der Waals surface area contributed by atoms with E-state index in [0.29, 0.717) is 11.6 Å². The number of piperidine rings is 1. The molecule has 0 radical (unpaired) electrons. The molecule has 2 fully saturated rings. The number of nitrogens with zero attached hydrogens (tertiary/aromatic N) is 2. The summed E-state index contributed by atoms with van der Waals surface area (Å²) in [7, 11) is 0. The fraction of sp³-hybridized carbons (Fsp3) is 0.450. The van der Waals surface area contributed by atoms with Gasteiger partial charge in [0.1, 0.15) is 5.75 Å². The SMILES string of the molecule is O=Cc1c(O)ccc2cc(N3CCC(N4CCOCC4)CC3)ccc12. The number of anilines is 1. The van der Waals surface area contributed by atoms with Gasteiger partial charge in [-0.15, -0.1) is 0 Å². The second kappa shape index (κ2) is 7.02. The van der Waals surface area contributed by atoms with Crippen LogP contribution < -0.4 is 4.90 Å². The molecule has 0 saturated carbocycles. The van der Waals surface area contributed by atoms with Crippen LogP contribution in [0.1, 0.15) is 23.2 Å². The van der Waals surface area contributed by atoms with Crippen LogP contribution in [0.15, 0.2) is 30.3 Å². The third kappa shape index (κ3) is 3.22. The van der Waals surface area contributed by atoms with E-state index in [1.54, 1.807) is 6.07 Å². The molecule has 2 heterocycles. The second-order valence-corrected chi connectivity index (χ2v) is 6.89. The van der Waals surface area contributed by atoms with Crippen LogP contribution in [0.4, 0.5) is 5.69 Å². The zero-order valence-corrected chi connectivity index (χ0v) is 14.4. The van der Waals surface area contributed by atoms with Crippen LogP contribution in [0.3, 0.4) is 0 Å². The first-order valence-corrected chi connectivity index (χ1v) is 9.04. The van der Waals surface area contributed by atoms with Gasteiger partial charge in [0.2, 0.25) is 0 Å². The second-order valence-electron chi connectivity index (χ2n) is 6.89. The molecule has 2 aliphatic rings. The Morgan fingerprint density at radius 3 is 2.52 bits per heavy atom. The van der Waals surface area contributed by atoms with E-state index in [4.69, 9.17) is 4.74 Å². The van der Waals surface area contributed by atoms with Gasteiger partial charge in [0.15, 0.2) is 6.29 Å². The molecule has 2 aromatic carbocycles. The molecule has 0 unspecified atom stereocenters. The average molecular weight is 340 g/mol. The van der Waals surface area contributed by atoms with Gasteiger partial charge in [-0.3, -0.25) is 9.69 Å². The molecule has 2 aromatic rings. The summed E-state index contributed by atoms with van der Waals surface area (Å²) < 4.78 is 5.45. The number of hydrogen-bond donors (Lipinski definition) is 1. The minimum Gasteiger partial charge on any atom is -0.507 e. The Bertz CT molecular complexity index is 763. The molecule has 2 aliphatic heterocycles. The Morgan fingerprint density at radius 2 is 1.80 bits per heavy atom. The molecule has 0 aromatic heterocycles. The minimum absolute atomic E-state index is 0.0431. The van der Waals surface area contributed by atoms with Crippen LogP contribution in [0.2, 0.25) is 0 Å². The van der Waals surface area contributed by atoms with Crippen molar-refractivity contribution >= 4 is 22.7 Å². The van der Waals surface area contributed by atoms with Crippen LogP contribution >= 0.6 is 0 Å². The summed E-state index contributed by atoms with van der Waals surface area (Å²) in [6.07, 6.45) is 3.07. The lowest BCUT2D eigenvalue weighted by Crippen LogP contribution is -2.49. The van der Waals surface area contributed by atoms with Gasteiger partial charge < -0.3 is 14.7 Å². The lowest BCUT2D eigenvalue weighted by molar-refractivity contribution is 0.0115. The molecule has 0 amide bonds. The maximum Gasteiger partial charge on any atom is 0.154 e. The summed E-state index contributed by atoms with van der Waals surface area (Å²) in [5.74, 6) is 0.0431. The number of ether oxygens (including phenoxy) is 1. The molecule has 0 bridgehead atoms. The average Bonchev–Trinajstić information content (AvgIpc) is 2.68. The van der Waals surface area contributed by atoms with Gasteiger partial charge in [-0.05, 0) is 41.8 Å². The minimum atomic E-state index is 0.0431. The van der Waals surface area contributed by atoms with Crippen LogP contribution in [-0.4, -0.2) is 61.7 Å². The first kappa shape index (κ1) is 16.4. The van der Waals surface area contributed by atoms with Gasteiger partial charge in [-0.1, -0.05) is 12.1 Å². The fourth-order valence-corrected chi connectivity index (χ4v) is 4.08. The Kier molecular flexibility index (Phi) is 4.59. The van der Waals surface area contributed by atoms with E-state index in [9.17, 15) is 9.90 Å². The number of aldehydes is 1. The lowest BCUT2D eigenvalue weighted by atomic mass is 10.00. The predicted molar refractivity (Wildman–Crippen MR) is 98.6 cm³/mol. The molecule has 1 N–H and O–H groups in total. The number of rotatable bonds is 3. The standard InChI is InChI=1S/C20H24N2O3/c23-14-19-18-3-2-17(13-15(18)1-4-20(19)24)21-7-5-16(6-8-21)22-9-11-25-12-10-22/h1-4,13-14,16,24H,5-12H2. The van der Waals surface area contributed by atoms with Gasteiger partial charge in [0.05, 0.1) is 18.8 Å². The molecular weight excluding hydrogens is 316 g/mol. The van der Waals surface area contributed by atoms with Crippen molar-refractivity contribution in [3.63, 3.8) is 0 Å². The molecule has 5 heteroatoms. The van der Waals surface area contributed by atoms with E-state index >= 15 is 0 Å². The third-order valence-electron chi connectivity index (χ3n) is 5.53. The van der Waals surface area contributed by atoms with E-state index in [2.05, 4.69) is 21.9 Å². The van der Waals surface area contributed by atoms with Crippen LogP contribution in [0, 0.1) is 0 Å². The quantitative estimate of drug-likeness (QED) is 0.871. The zero-order chi connectivity index (χ0) is 17.2. The van der Waals surface area contributed by atoms with Crippen molar-refractivity contribution in [1.82, 2.24) is 4.90 Å². The monoisotopic (exact) mass is 340 g/mol. The number of benzene rings is 2. The van der Waals surface area contributed by atoms with Gasteiger partial charge >= 0.3 is 0 Å². The number of carbonyl (C=O) groups excluding carboxylic acids is 1. The summed E-state index contributed by atoms with van der Waals surface area (Å²) >= 11 is 0. The van der Waals surface area contributed by atoms with Crippen molar-refractivity contribution in [2.75, 3.05) is 44.3 Å². The van der Waals surface area contributed by atoms with Gasteiger partial charge in [-0.25, -0.2) is 0 Å². The van der Waals surface area contributed by atoms with Crippen molar-refractivity contribution in [3.8, 4) is 5.75 Å². The lowest BCUT2D eigenvalue weighted by Gasteiger charge is -2.40. The van der Waals surface area contributed by atoms with E-state index in [-0.39, 0.29) is 5.75 Å². The Balaban J connectivity index is 1.49. The topological polar surface area (TPSA) is 53.0 Å². The highest BCUT2D eigenvalue weighted by Crippen LogP contribution is 2.30. The first-order chi connectivity index (χ1) is 12.3. The summed E-state index contributed by atoms with van der Waals surface area (Å²) in [6.45, 7) is 5.92. The number of fused-ring (bicyclic) bond motifs is 1. The fourth-order valence-electron chi connectivity index (χ4n) is 4.08. The van der Waals surface area contributed by atoms with Crippen molar-refractivity contribution in [2.24, 2.45) is 0 Å². The summed E-state index contributed by atoms with van der Waals surface area (Å²) in [6, 6.07) is 10.3. The molecule has 25 heavy (non-hydrogen) atoms. The third-order valence-corrected chi connectivity index (χ3v) is 5.53. The number of phenols is 1. The molecule has 0 aliphatic carbocycles. The first-order valence-electron chi connectivity index (χ1n) is 9.04. The predicted octanol–water partition coefficient (Wildman–Crippen LogP) is 2.66. The van der Waals surface area contributed by atoms with E-state index < -0.39 is 0 Å². The number of aromatic hydroxyl groups is 1. The van der Waals surface area contributed by atoms with Crippen molar-refractivity contribution in [3.05, 3.63) is 35.9 Å². The normalized spacial score (nSPS) is 20.1. The smallest absolute Gasteiger partial charge is 0.154 e. The van der Waals surface area contributed by atoms with Crippen LogP contribution in [0.25, 0.3) is 10.8 Å². The molecular formula is C20H24N2O3. The summed E-state index contributed by atoms with van der Waals surface area (Å²) in [5, 5.41) is 11.6. The largest absolute Gasteiger partial charge is 0.507 e. The molecule has 0 spiro atoms. The van der Waals surface area contributed by atoms with E-state index in [1.807, 2.05) is 12.1 Å². The van der Waals surface area contributed by atoms with Crippen molar-refractivity contribution < 1.29 is 14.6 Å². The Hall–Kier alpha value is -2.11. The number of morpholine rings is 1. The highest BCUT2D eigenvalue weighted by molar-refractivity contribution is 6.01. The van der Waals surface area contributed by atoms with Crippen LogP contribution in [0.5, 0.6) is 5.75 Å².